The highest BCUT2D eigenvalue weighted by Gasteiger charge is 2.16. The van der Waals surface area contributed by atoms with Gasteiger partial charge < -0.3 is 5.32 Å². The van der Waals surface area contributed by atoms with Gasteiger partial charge in [-0.3, -0.25) is 19.5 Å². The van der Waals surface area contributed by atoms with Crippen LogP contribution < -0.4 is 16.2 Å². The van der Waals surface area contributed by atoms with Gasteiger partial charge in [0.1, 0.15) is 4.83 Å². The van der Waals surface area contributed by atoms with Gasteiger partial charge in [0.05, 0.1) is 5.39 Å². The fraction of sp³-hybridized carbons (Fsp3) is 0.182. The van der Waals surface area contributed by atoms with Crippen LogP contribution in [0.25, 0.3) is 20.7 Å². The highest BCUT2D eigenvalue weighted by atomic mass is 32.2. The van der Waals surface area contributed by atoms with E-state index in [-0.39, 0.29) is 17.9 Å². The lowest BCUT2D eigenvalue weighted by Crippen LogP contribution is -2.39. The van der Waals surface area contributed by atoms with Crippen LogP contribution in [0.2, 0.25) is 0 Å². The van der Waals surface area contributed by atoms with Gasteiger partial charge in [-0.15, -0.1) is 22.7 Å². The molecule has 0 bridgehead atoms. The third-order valence-corrected chi connectivity index (χ3v) is 7.48. The number of nitrogens with one attached hydrogen (secondary N) is 2. The van der Waals surface area contributed by atoms with Crippen molar-refractivity contribution in [3.8, 4) is 10.4 Å². The number of imide groups is 1. The summed E-state index contributed by atoms with van der Waals surface area (Å²) in [6.07, 6.45) is 0.127. The first kappa shape index (κ1) is 22.3. The van der Waals surface area contributed by atoms with Gasteiger partial charge in [-0.1, -0.05) is 48.2 Å². The summed E-state index contributed by atoms with van der Waals surface area (Å²) in [5.41, 5.74) is 1.75. The molecule has 0 aliphatic rings. The SMILES string of the molecule is Cn1c(SCCC(=O)NC(=O)NCc2ccccc2)nc2scc(-c3cccs3)c2c1=O. The highest BCUT2D eigenvalue weighted by molar-refractivity contribution is 7.99. The molecule has 1 aromatic carbocycles. The van der Waals surface area contributed by atoms with Crippen molar-refractivity contribution in [2.45, 2.75) is 18.1 Å². The summed E-state index contributed by atoms with van der Waals surface area (Å²) < 4.78 is 1.52. The zero-order chi connectivity index (χ0) is 22.5. The van der Waals surface area contributed by atoms with Gasteiger partial charge in [-0.25, -0.2) is 9.78 Å². The molecule has 3 heterocycles. The molecule has 4 aromatic rings. The molecule has 0 atom stereocenters. The Morgan fingerprint density at radius 2 is 1.94 bits per heavy atom. The smallest absolute Gasteiger partial charge is 0.321 e. The Morgan fingerprint density at radius 3 is 2.69 bits per heavy atom. The number of carbonyl (C=O) groups excluding carboxylic acids is 2. The topological polar surface area (TPSA) is 93.1 Å². The molecule has 0 unspecified atom stereocenters. The number of hydrogen-bond donors (Lipinski definition) is 2. The molecular weight excluding hydrogens is 464 g/mol. The maximum absolute atomic E-state index is 12.9. The Bertz CT molecular complexity index is 1300. The maximum atomic E-state index is 12.9. The standard InChI is InChI=1S/C22H20N4O3S3/c1-26-20(28)18-15(16-8-5-10-30-16)13-32-19(18)25-22(26)31-11-9-17(27)24-21(29)23-12-14-6-3-2-4-7-14/h2-8,10,13H,9,11-12H2,1H3,(H2,23,24,27,29). The average molecular weight is 485 g/mol. The van der Waals surface area contributed by atoms with E-state index in [9.17, 15) is 14.4 Å². The Labute approximate surface area is 196 Å². The fourth-order valence-corrected chi connectivity index (χ4v) is 5.75. The summed E-state index contributed by atoms with van der Waals surface area (Å²) in [5, 5.41) is 10.1. The quantitative estimate of drug-likeness (QED) is 0.302. The number of rotatable bonds is 7. The summed E-state index contributed by atoms with van der Waals surface area (Å²) in [6.45, 7) is 0.342. The van der Waals surface area contributed by atoms with Crippen molar-refractivity contribution in [2.24, 2.45) is 7.05 Å². The molecule has 164 valence electrons. The van der Waals surface area contributed by atoms with E-state index < -0.39 is 6.03 Å². The highest BCUT2D eigenvalue weighted by Crippen LogP contribution is 2.34. The number of urea groups is 1. The number of thiophene rings is 2. The Kier molecular flexibility index (Phi) is 7.03. The van der Waals surface area contributed by atoms with E-state index in [1.165, 1.54) is 27.7 Å². The van der Waals surface area contributed by atoms with Crippen molar-refractivity contribution in [1.82, 2.24) is 20.2 Å². The van der Waals surface area contributed by atoms with Gasteiger partial charge in [0.2, 0.25) is 5.91 Å². The Morgan fingerprint density at radius 1 is 1.12 bits per heavy atom. The third kappa shape index (κ3) is 5.09. The molecule has 7 nitrogen and oxygen atoms in total. The number of nitrogens with zero attached hydrogens (tertiary/aromatic N) is 2. The molecule has 3 aromatic heterocycles. The second-order valence-electron chi connectivity index (χ2n) is 6.88. The van der Waals surface area contributed by atoms with E-state index in [1.54, 1.807) is 18.4 Å². The van der Waals surface area contributed by atoms with Crippen LogP contribution in [0, 0.1) is 0 Å². The molecule has 3 amide bonds. The normalized spacial score (nSPS) is 10.9. The van der Waals surface area contributed by atoms with Crippen molar-refractivity contribution in [2.75, 3.05) is 5.75 Å². The number of aromatic nitrogens is 2. The second-order valence-corrected chi connectivity index (χ2v) is 9.75. The summed E-state index contributed by atoms with van der Waals surface area (Å²) in [5.74, 6) is 0.0115. The third-order valence-electron chi connectivity index (χ3n) is 4.67. The monoisotopic (exact) mass is 484 g/mol. The number of fused-ring (bicyclic) bond motifs is 1. The van der Waals surface area contributed by atoms with Crippen molar-refractivity contribution in [3.05, 3.63) is 69.1 Å². The Hall–Kier alpha value is -2.95. The number of thioether (sulfide) groups is 1. The largest absolute Gasteiger partial charge is 0.334 e. The second kappa shape index (κ2) is 10.1. The molecule has 10 heteroatoms. The lowest BCUT2D eigenvalue weighted by atomic mass is 10.2. The molecule has 2 N–H and O–H groups in total. The molecule has 0 aliphatic carbocycles. The summed E-state index contributed by atoms with van der Waals surface area (Å²) in [7, 11) is 1.68. The zero-order valence-corrected chi connectivity index (χ0v) is 19.6. The van der Waals surface area contributed by atoms with Crippen LogP contribution in [-0.4, -0.2) is 27.2 Å². The first-order valence-corrected chi connectivity index (χ1v) is 12.5. The van der Waals surface area contributed by atoms with Crippen LogP contribution in [0.4, 0.5) is 4.79 Å². The van der Waals surface area contributed by atoms with Crippen molar-refractivity contribution >= 4 is 56.6 Å². The van der Waals surface area contributed by atoms with E-state index in [4.69, 9.17) is 0 Å². The molecular formula is C22H20N4O3S3. The van der Waals surface area contributed by atoms with Crippen LogP contribution in [-0.2, 0) is 18.4 Å². The zero-order valence-electron chi connectivity index (χ0n) is 17.2. The van der Waals surface area contributed by atoms with Crippen molar-refractivity contribution in [1.29, 1.82) is 0 Å². The van der Waals surface area contributed by atoms with Gasteiger partial charge in [-0.05, 0) is 17.0 Å². The molecule has 0 spiro atoms. The molecule has 0 radical (unpaired) electrons. The minimum absolute atomic E-state index is 0.105. The lowest BCUT2D eigenvalue weighted by Gasteiger charge is -2.08. The van der Waals surface area contributed by atoms with Crippen LogP contribution in [0.3, 0.4) is 0 Å². The van der Waals surface area contributed by atoms with Crippen LogP contribution in [0.1, 0.15) is 12.0 Å². The van der Waals surface area contributed by atoms with E-state index in [0.717, 1.165) is 16.0 Å². The first-order valence-electron chi connectivity index (χ1n) is 9.79. The van der Waals surface area contributed by atoms with E-state index in [0.29, 0.717) is 27.7 Å². The fourth-order valence-electron chi connectivity index (χ4n) is 3.04. The van der Waals surface area contributed by atoms with E-state index in [1.807, 2.05) is 53.2 Å². The minimum Gasteiger partial charge on any atom is -0.334 e. The lowest BCUT2D eigenvalue weighted by molar-refractivity contribution is -0.119. The van der Waals surface area contributed by atoms with Gasteiger partial charge >= 0.3 is 6.03 Å². The summed E-state index contributed by atoms with van der Waals surface area (Å²) >= 11 is 4.34. The number of amides is 3. The van der Waals surface area contributed by atoms with Crippen LogP contribution in [0.15, 0.2) is 63.2 Å². The molecule has 0 saturated carbocycles. The Balaban J connectivity index is 1.33. The molecule has 0 saturated heterocycles. The predicted octanol–water partition coefficient (Wildman–Crippen LogP) is 4.23. The molecule has 0 fully saturated rings. The summed E-state index contributed by atoms with van der Waals surface area (Å²) in [4.78, 5) is 43.3. The van der Waals surface area contributed by atoms with Crippen LogP contribution >= 0.6 is 34.4 Å². The van der Waals surface area contributed by atoms with Gasteiger partial charge in [0, 0.05) is 41.6 Å². The molecule has 32 heavy (non-hydrogen) atoms. The molecule has 4 rings (SSSR count). The maximum Gasteiger partial charge on any atom is 0.321 e. The van der Waals surface area contributed by atoms with E-state index >= 15 is 0 Å². The van der Waals surface area contributed by atoms with Crippen molar-refractivity contribution < 1.29 is 9.59 Å². The minimum atomic E-state index is -0.532. The van der Waals surface area contributed by atoms with Gasteiger partial charge in [0.15, 0.2) is 5.16 Å². The van der Waals surface area contributed by atoms with Crippen molar-refractivity contribution in [3.63, 3.8) is 0 Å². The summed E-state index contributed by atoms with van der Waals surface area (Å²) in [6, 6.07) is 12.9. The van der Waals surface area contributed by atoms with Gasteiger partial charge in [0.25, 0.3) is 5.56 Å². The average Bonchev–Trinajstić information content (AvgIpc) is 3.46. The number of benzene rings is 1. The van der Waals surface area contributed by atoms with Gasteiger partial charge in [-0.2, -0.15) is 0 Å². The number of hydrogen-bond acceptors (Lipinski definition) is 7. The van der Waals surface area contributed by atoms with E-state index in [2.05, 4.69) is 15.6 Å². The molecule has 0 aliphatic heterocycles. The first-order chi connectivity index (χ1) is 15.5. The van der Waals surface area contributed by atoms with Crippen LogP contribution in [0.5, 0.6) is 0 Å². The number of carbonyl (C=O) groups is 2. The predicted molar refractivity (Wildman–Crippen MR) is 130 cm³/mol.